The van der Waals surface area contributed by atoms with Crippen LogP contribution in [-0.2, 0) is 17.8 Å². The van der Waals surface area contributed by atoms with Crippen LogP contribution >= 0.6 is 0 Å². The number of carbonyl (C=O) groups excluding carboxylic acids is 1. The monoisotopic (exact) mass is 379 g/mol. The fraction of sp³-hybridized carbons (Fsp3) is 0.364. The second-order valence-electron chi connectivity index (χ2n) is 7.13. The minimum atomic E-state index is 0.0813. The van der Waals surface area contributed by atoms with Crippen LogP contribution in [0.25, 0.3) is 0 Å². The number of fused-ring (bicyclic) bond motifs is 1. The summed E-state index contributed by atoms with van der Waals surface area (Å²) in [5.74, 6) is 1.58. The number of hydrogen-bond acceptors (Lipinski definition) is 5. The van der Waals surface area contributed by atoms with Crippen LogP contribution in [0.5, 0.6) is 11.5 Å². The standard InChI is InChI=1S/C22H25N3O3/c1-27-20-12-17-10-11-24(14-18(17)13-21(20)28-2)15-25-22(26)9-8-19(23-25)16-6-4-3-5-7-16/h3-7,12-13H,8-11,14-15H2,1-2H3. The van der Waals surface area contributed by atoms with E-state index in [1.54, 1.807) is 19.2 Å². The van der Waals surface area contributed by atoms with Crippen molar-refractivity contribution in [2.24, 2.45) is 5.10 Å². The highest BCUT2D eigenvalue weighted by Gasteiger charge is 2.26. The molecule has 1 amide bonds. The molecule has 2 aliphatic rings. The fourth-order valence-corrected chi connectivity index (χ4v) is 3.80. The van der Waals surface area contributed by atoms with E-state index in [4.69, 9.17) is 9.47 Å². The first-order chi connectivity index (χ1) is 13.7. The normalized spacial score (nSPS) is 17.1. The van der Waals surface area contributed by atoms with E-state index < -0.39 is 0 Å². The van der Waals surface area contributed by atoms with Crippen LogP contribution in [0.1, 0.15) is 29.5 Å². The zero-order valence-corrected chi connectivity index (χ0v) is 16.4. The average Bonchev–Trinajstić information content (AvgIpc) is 2.74. The number of amides is 1. The predicted octanol–water partition coefficient (Wildman–Crippen LogP) is 3.05. The average molecular weight is 379 g/mol. The Balaban J connectivity index is 1.51. The van der Waals surface area contributed by atoms with Crippen molar-refractivity contribution >= 4 is 11.6 Å². The van der Waals surface area contributed by atoms with E-state index in [0.29, 0.717) is 19.5 Å². The van der Waals surface area contributed by atoms with E-state index in [9.17, 15) is 4.79 Å². The molecule has 2 aliphatic heterocycles. The summed E-state index contributed by atoms with van der Waals surface area (Å²) in [7, 11) is 3.31. The van der Waals surface area contributed by atoms with Crippen molar-refractivity contribution in [3.05, 3.63) is 59.2 Å². The molecular weight excluding hydrogens is 354 g/mol. The first-order valence-electron chi connectivity index (χ1n) is 9.57. The van der Waals surface area contributed by atoms with Crippen molar-refractivity contribution in [2.45, 2.75) is 25.8 Å². The number of methoxy groups -OCH3 is 2. The maximum absolute atomic E-state index is 12.4. The van der Waals surface area contributed by atoms with E-state index in [1.165, 1.54) is 11.1 Å². The van der Waals surface area contributed by atoms with Crippen molar-refractivity contribution in [2.75, 3.05) is 27.4 Å². The molecule has 2 heterocycles. The number of benzene rings is 2. The number of ether oxygens (including phenoxy) is 2. The Morgan fingerprint density at radius 3 is 2.39 bits per heavy atom. The lowest BCUT2D eigenvalue weighted by Crippen LogP contribution is -2.43. The molecule has 0 aliphatic carbocycles. The molecule has 0 unspecified atom stereocenters. The lowest BCUT2D eigenvalue weighted by Gasteiger charge is -2.33. The van der Waals surface area contributed by atoms with Gasteiger partial charge in [-0.05, 0) is 35.2 Å². The van der Waals surface area contributed by atoms with Gasteiger partial charge >= 0.3 is 0 Å². The fourth-order valence-electron chi connectivity index (χ4n) is 3.80. The Bertz CT molecular complexity index is 895. The smallest absolute Gasteiger partial charge is 0.244 e. The van der Waals surface area contributed by atoms with Crippen LogP contribution in [-0.4, -0.2) is 49.0 Å². The van der Waals surface area contributed by atoms with Crippen LogP contribution in [0.4, 0.5) is 0 Å². The van der Waals surface area contributed by atoms with E-state index >= 15 is 0 Å². The van der Waals surface area contributed by atoms with Gasteiger partial charge in [-0.15, -0.1) is 0 Å². The summed E-state index contributed by atoms with van der Waals surface area (Å²) in [6, 6.07) is 14.2. The van der Waals surface area contributed by atoms with E-state index in [2.05, 4.69) is 16.1 Å². The third-order valence-electron chi connectivity index (χ3n) is 5.34. The zero-order chi connectivity index (χ0) is 19.5. The first kappa shape index (κ1) is 18.5. The molecule has 0 atom stereocenters. The molecule has 146 valence electrons. The molecule has 6 nitrogen and oxygen atoms in total. The number of carbonyl (C=O) groups is 1. The van der Waals surface area contributed by atoms with Gasteiger partial charge in [-0.25, -0.2) is 5.01 Å². The highest BCUT2D eigenvalue weighted by Crippen LogP contribution is 2.33. The van der Waals surface area contributed by atoms with Crippen molar-refractivity contribution < 1.29 is 14.3 Å². The van der Waals surface area contributed by atoms with Gasteiger partial charge < -0.3 is 9.47 Å². The maximum atomic E-state index is 12.4. The number of hydrogen-bond donors (Lipinski definition) is 0. The molecule has 0 saturated heterocycles. The Morgan fingerprint density at radius 1 is 0.964 bits per heavy atom. The second-order valence-corrected chi connectivity index (χ2v) is 7.13. The summed E-state index contributed by atoms with van der Waals surface area (Å²) in [6.45, 7) is 2.14. The summed E-state index contributed by atoms with van der Waals surface area (Å²) in [6.07, 6.45) is 2.11. The number of rotatable bonds is 5. The summed E-state index contributed by atoms with van der Waals surface area (Å²) in [5.41, 5.74) is 4.54. The third-order valence-corrected chi connectivity index (χ3v) is 5.34. The molecule has 0 radical (unpaired) electrons. The Morgan fingerprint density at radius 2 is 1.68 bits per heavy atom. The molecule has 2 aromatic rings. The molecule has 0 saturated carbocycles. The molecule has 28 heavy (non-hydrogen) atoms. The molecule has 0 spiro atoms. The molecule has 2 aromatic carbocycles. The van der Waals surface area contributed by atoms with Gasteiger partial charge in [0.05, 0.1) is 26.6 Å². The van der Waals surface area contributed by atoms with Crippen LogP contribution in [0.2, 0.25) is 0 Å². The maximum Gasteiger partial charge on any atom is 0.244 e. The minimum absolute atomic E-state index is 0.0813. The number of nitrogens with zero attached hydrogens (tertiary/aromatic N) is 3. The van der Waals surface area contributed by atoms with Gasteiger partial charge in [0.2, 0.25) is 5.91 Å². The van der Waals surface area contributed by atoms with Crippen molar-refractivity contribution in [3.63, 3.8) is 0 Å². The van der Waals surface area contributed by atoms with Crippen molar-refractivity contribution in [3.8, 4) is 11.5 Å². The predicted molar refractivity (Wildman–Crippen MR) is 108 cm³/mol. The Kier molecular flexibility index (Phi) is 5.30. The zero-order valence-electron chi connectivity index (χ0n) is 16.4. The molecule has 0 bridgehead atoms. The van der Waals surface area contributed by atoms with Gasteiger partial charge in [-0.2, -0.15) is 5.10 Å². The van der Waals surface area contributed by atoms with Crippen LogP contribution in [0.15, 0.2) is 47.6 Å². The minimum Gasteiger partial charge on any atom is -0.493 e. The lowest BCUT2D eigenvalue weighted by atomic mass is 9.99. The molecular formula is C22H25N3O3. The first-order valence-corrected chi connectivity index (χ1v) is 9.57. The van der Waals surface area contributed by atoms with Crippen LogP contribution in [0.3, 0.4) is 0 Å². The van der Waals surface area contributed by atoms with Crippen LogP contribution < -0.4 is 9.47 Å². The summed E-state index contributed by atoms with van der Waals surface area (Å²) in [4.78, 5) is 14.7. The van der Waals surface area contributed by atoms with Crippen molar-refractivity contribution in [1.82, 2.24) is 9.91 Å². The van der Waals surface area contributed by atoms with Crippen molar-refractivity contribution in [1.29, 1.82) is 0 Å². The topological polar surface area (TPSA) is 54.4 Å². The third kappa shape index (κ3) is 3.73. The van der Waals surface area contributed by atoms with E-state index in [0.717, 1.165) is 42.3 Å². The highest BCUT2D eigenvalue weighted by molar-refractivity contribution is 6.04. The summed E-state index contributed by atoms with van der Waals surface area (Å²) < 4.78 is 10.8. The Hall–Kier alpha value is -2.86. The molecule has 4 rings (SSSR count). The van der Waals surface area contributed by atoms with Crippen LogP contribution in [0, 0.1) is 0 Å². The van der Waals surface area contributed by atoms with Gasteiger partial charge in [0, 0.05) is 25.9 Å². The largest absolute Gasteiger partial charge is 0.493 e. The summed E-state index contributed by atoms with van der Waals surface area (Å²) in [5, 5.41) is 6.28. The van der Waals surface area contributed by atoms with Gasteiger partial charge in [0.15, 0.2) is 11.5 Å². The highest BCUT2D eigenvalue weighted by atomic mass is 16.5. The Labute approximate surface area is 165 Å². The van der Waals surface area contributed by atoms with E-state index in [1.807, 2.05) is 36.4 Å². The number of hydrazone groups is 1. The SMILES string of the molecule is COc1cc2c(cc1OC)CN(CN1N=C(c3ccccc3)CCC1=O)CC2. The molecule has 0 aromatic heterocycles. The van der Waals surface area contributed by atoms with E-state index in [-0.39, 0.29) is 5.91 Å². The lowest BCUT2D eigenvalue weighted by molar-refractivity contribution is -0.134. The van der Waals surface area contributed by atoms with Gasteiger partial charge in [0.25, 0.3) is 0 Å². The summed E-state index contributed by atoms with van der Waals surface area (Å²) >= 11 is 0. The molecule has 0 fully saturated rings. The molecule has 6 heteroatoms. The molecule has 0 N–H and O–H groups in total. The van der Waals surface area contributed by atoms with Gasteiger partial charge in [-0.1, -0.05) is 30.3 Å². The van der Waals surface area contributed by atoms with Gasteiger partial charge in [-0.3, -0.25) is 9.69 Å². The second kappa shape index (κ2) is 8.02. The van der Waals surface area contributed by atoms with Gasteiger partial charge in [0.1, 0.15) is 0 Å². The quantitative estimate of drug-likeness (QED) is 0.801.